The number of hydrogen-bond donors (Lipinski definition) is 3. The highest BCUT2D eigenvalue weighted by Gasteiger charge is 2.26. The molecule has 1 aromatic heterocycles. The number of hydrogen-bond acceptors (Lipinski definition) is 7. The van der Waals surface area contributed by atoms with Gasteiger partial charge in [-0.2, -0.15) is 0 Å². The summed E-state index contributed by atoms with van der Waals surface area (Å²) in [5, 5.41) is 2.73. The number of anilines is 2. The number of aromatic nitrogens is 2. The van der Waals surface area contributed by atoms with Gasteiger partial charge in [0.15, 0.2) is 5.82 Å². The first-order valence-electron chi connectivity index (χ1n) is 10.9. The van der Waals surface area contributed by atoms with Crippen molar-refractivity contribution in [3.63, 3.8) is 0 Å². The summed E-state index contributed by atoms with van der Waals surface area (Å²) in [6, 6.07) is 11.2. The van der Waals surface area contributed by atoms with Crippen molar-refractivity contribution in [2.45, 2.75) is 19.5 Å². The second-order valence-electron chi connectivity index (χ2n) is 8.36. The van der Waals surface area contributed by atoms with Crippen molar-refractivity contribution >= 4 is 17.3 Å². The van der Waals surface area contributed by atoms with E-state index in [1.165, 1.54) is 30.5 Å². The fourth-order valence-corrected chi connectivity index (χ4v) is 4.23. The predicted octanol–water partition coefficient (Wildman–Crippen LogP) is 1.25. The van der Waals surface area contributed by atoms with Crippen LogP contribution in [0.3, 0.4) is 0 Å². The minimum Gasteiger partial charge on any atom is -0.394 e. The van der Waals surface area contributed by atoms with Gasteiger partial charge in [-0.3, -0.25) is 19.2 Å². The summed E-state index contributed by atoms with van der Waals surface area (Å²) in [7, 11) is 0. The molecule has 4 aromatic rings. The van der Waals surface area contributed by atoms with E-state index in [2.05, 4.69) is 15.3 Å². The van der Waals surface area contributed by atoms with Crippen molar-refractivity contribution in [3.05, 3.63) is 108 Å². The second-order valence-corrected chi connectivity index (χ2v) is 8.36. The van der Waals surface area contributed by atoms with Crippen LogP contribution in [0.4, 0.5) is 15.8 Å². The largest absolute Gasteiger partial charge is 0.394 e. The van der Waals surface area contributed by atoms with Crippen LogP contribution in [-0.4, -0.2) is 22.4 Å². The molecule has 0 saturated carbocycles. The standard InChI is InChI=1S/C25H20FN5O4/c26-17-5-3-15(4-6-17)18-11-28-23(30-24(18)34)25(35)29-10-13-1-2-14-7-8-31(12-16(14)9-13)20-19(27)21(32)22(20)33/h1-6,9,11H,7-8,10,12,27H2,(H,29,35)(H,28,30,34). The highest BCUT2D eigenvalue weighted by Crippen LogP contribution is 2.26. The number of carbonyl (C=O) groups is 1. The van der Waals surface area contributed by atoms with Crippen LogP contribution in [0.2, 0.25) is 0 Å². The van der Waals surface area contributed by atoms with Crippen LogP contribution < -0.4 is 32.4 Å². The van der Waals surface area contributed by atoms with E-state index in [0.717, 1.165) is 16.7 Å². The van der Waals surface area contributed by atoms with Gasteiger partial charge in [0.05, 0.1) is 5.56 Å². The summed E-state index contributed by atoms with van der Waals surface area (Å²) in [6.07, 6.45) is 1.98. The number of amides is 1. The maximum Gasteiger partial charge on any atom is 0.287 e. The fraction of sp³-hybridized carbons (Fsp3) is 0.160. The normalized spacial score (nSPS) is 13.0. The van der Waals surface area contributed by atoms with E-state index in [1.807, 2.05) is 18.2 Å². The monoisotopic (exact) mass is 473 g/mol. The lowest BCUT2D eigenvalue weighted by atomic mass is 9.96. The molecule has 1 amide bonds. The average Bonchev–Trinajstić information content (AvgIpc) is 2.87. The number of carbonyl (C=O) groups excluding carboxylic acids is 1. The van der Waals surface area contributed by atoms with Gasteiger partial charge >= 0.3 is 0 Å². The molecular weight excluding hydrogens is 453 g/mol. The Hall–Kier alpha value is -4.60. The topological polar surface area (TPSA) is 138 Å². The number of nitrogens with two attached hydrogens (primary N) is 1. The quantitative estimate of drug-likeness (QED) is 0.371. The van der Waals surface area contributed by atoms with E-state index < -0.39 is 28.1 Å². The van der Waals surface area contributed by atoms with Crippen molar-refractivity contribution in [3.8, 4) is 11.1 Å². The Bertz CT molecular complexity index is 1590. The lowest BCUT2D eigenvalue weighted by molar-refractivity contribution is 0.0940. The minimum absolute atomic E-state index is 0.00815. The molecule has 0 unspecified atom stereocenters. The highest BCUT2D eigenvalue weighted by atomic mass is 19.1. The molecule has 9 nitrogen and oxygen atoms in total. The first kappa shape index (κ1) is 22.2. The van der Waals surface area contributed by atoms with Crippen LogP contribution in [0, 0.1) is 5.82 Å². The Morgan fingerprint density at radius 1 is 1.09 bits per heavy atom. The molecule has 10 heteroatoms. The SMILES string of the molecule is Nc1c(N2CCc3ccc(CNC(=O)c4ncc(-c5ccc(F)cc5)c(=O)[nH]4)cc3C2)c(=O)c1=O. The molecule has 0 saturated heterocycles. The first-order valence-corrected chi connectivity index (χ1v) is 10.9. The van der Waals surface area contributed by atoms with Crippen LogP contribution in [0.1, 0.15) is 27.3 Å². The molecule has 0 bridgehead atoms. The molecule has 0 atom stereocenters. The van der Waals surface area contributed by atoms with E-state index in [1.54, 1.807) is 4.90 Å². The number of aromatic amines is 1. The summed E-state index contributed by atoms with van der Waals surface area (Å²) in [6.45, 7) is 1.22. The number of rotatable bonds is 5. The van der Waals surface area contributed by atoms with Gasteiger partial charge in [0.1, 0.15) is 17.2 Å². The molecule has 176 valence electrons. The van der Waals surface area contributed by atoms with Gasteiger partial charge < -0.3 is 20.9 Å². The second kappa shape index (κ2) is 8.64. The van der Waals surface area contributed by atoms with Crippen molar-refractivity contribution in [1.29, 1.82) is 0 Å². The Morgan fingerprint density at radius 3 is 2.57 bits per heavy atom. The van der Waals surface area contributed by atoms with Gasteiger partial charge in [-0.25, -0.2) is 9.37 Å². The molecule has 1 aliphatic heterocycles. The van der Waals surface area contributed by atoms with Crippen LogP contribution in [0.25, 0.3) is 11.1 Å². The lowest BCUT2D eigenvalue weighted by Gasteiger charge is -2.32. The Morgan fingerprint density at radius 2 is 1.86 bits per heavy atom. The third-order valence-electron chi connectivity index (χ3n) is 6.14. The molecule has 5 rings (SSSR count). The zero-order valence-electron chi connectivity index (χ0n) is 18.4. The van der Waals surface area contributed by atoms with Crippen LogP contribution >= 0.6 is 0 Å². The summed E-state index contributed by atoms with van der Waals surface area (Å²) < 4.78 is 13.1. The molecule has 0 fully saturated rings. The van der Waals surface area contributed by atoms with E-state index in [9.17, 15) is 23.6 Å². The molecule has 0 spiro atoms. The lowest BCUT2D eigenvalue weighted by Crippen LogP contribution is -2.44. The van der Waals surface area contributed by atoms with Gasteiger partial charge in [0.2, 0.25) is 0 Å². The Labute approximate surface area is 197 Å². The van der Waals surface area contributed by atoms with Gasteiger partial charge in [0.25, 0.3) is 22.3 Å². The van der Waals surface area contributed by atoms with Crippen LogP contribution in [-0.2, 0) is 19.5 Å². The summed E-state index contributed by atoms with van der Waals surface area (Å²) in [4.78, 5) is 56.6. The van der Waals surface area contributed by atoms with Gasteiger partial charge in [-0.15, -0.1) is 0 Å². The number of nitrogen functional groups attached to an aromatic ring is 1. The predicted molar refractivity (Wildman–Crippen MR) is 128 cm³/mol. The van der Waals surface area contributed by atoms with E-state index in [4.69, 9.17) is 5.73 Å². The summed E-state index contributed by atoms with van der Waals surface area (Å²) >= 11 is 0. The van der Waals surface area contributed by atoms with Gasteiger partial charge in [-0.05, 0) is 40.8 Å². The highest BCUT2D eigenvalue weighted by molar-refractivity contribution is 5.90. The fourth-order valence-electron chi connectivity index (χ4n) is 4.23. The zero-order chi connectivity index (χ0) is 24.7. The number of halogens is 1. The van der Waals surface area contributed by atoms with Crippen molar-refractivity contribution in [2.75, 3.05) is 17.2 Å². The summed E-state index contributed by atoms with van der Waals surface area (Å²) in [5.74, 6) is -1.11. The smallest absolute Gasteiger partial charge is 0.287 e. The molecular formula is C25H20FN5O4. The molecule has 1 aliphatic rings. The molecule has 2 heterocycles. The molecule has 0 aliphatic carbocycles. The number of H-pyrrole nitrogens is 1. The third kappa shape index (κ3) is 4.10. The molecule has 35 heavy (non-hydrogen) atoms. The molecule has 0 radical (unpaired) electrons. The Balaban J connectivity index is 1.27. The van der Waals surface area contributed by atoms with Gasteiger partial charge in [-0.1, -0.05) is 30.3 Å². The molecule has 4 N–H and O–H groups in total. The summed E-state index contributed by atoms with van der Waals surface area (Å²) in [5.41, 5.74) is 7.92. The number of nitrogens with zero attached hydrogens (tertiary/aromatic N) is 2. The van der Waals surface area contributed by atoms with Crippen molar-refractivity contribution < 1.29 is 9.18 Å². The number of fused-ring (bicyclic) bond motifs is 1. The Kier molecular flexibility index (Phi) is 5.48. The molecule has 3 aromatic carbocycles. The van der Waals surface area contributed by atoms with E-state index in [0.29, 0.717) is 25.1 Å². The maximum atomic E-state index is 13.1. The van der Waals surface area contributed by atoms with E-state index in [-0.39, 0.29) is 29.3 Å². The van der Waals surface area contributed by atoms with Crippen molar-refractivity contribution in [2.24, 2.45) is 0 Å². The van der Waals surface area contributed by atoms with E-state index >= 15 is 0 Å². The average molecular weight is 473 g/mol. The van der Waals surface area contributed by atoms with Crippen LogP contribution in [0.5, 0.6) is 0 Å². The third-order valence-corrected chi connectivity index (χ3v) is 6.14. The van der Waals surface area contributed by atoms with Crippen molar-refractivity contribution in [1.82, 2.24) is 15.3 Å². The number of nitrogens with one attached hydrogen (secondary N) is 2. The van der Waals surface area contributed by atoms with Gasteiger partial charge in [0, 0.05) is 25.8 Å². The first-order chi connectivity index (χ1) is 16.8. The zero-order valence-corrected chi connectivity index (χ0v) is 18.4. The number of benzene rings is 2. The minimum atomic E-state index is -0.639. The van der Waals surface area contributed by atoms with Crippen LogP contribution in [0.15, 0.2) is 63.0 Å². The maximum absolute atomic E-state index is 13.1.